The van der Waals surface area contributed by atoms with Crippen LogP contribution in [0.25, 0.3) is 0 Å². The second-order valence-electron chi connectivity index (χ2n) is 7.84. The molecule has 1 N–H and O–H groups in total. The molecule has 4 fully saturated rings. The Balaban J connectivity index is 1.55. The molecule has 0 radical (unpaired) electrons. The molecule has 4 saturated carbocycles. The summed E-state index contributed by atoms with van der Waals surface area (Å²) in [6.07, 6.45) is 9.70. The molecule has 0 saturated heterocycles. The molecule has 0 aromatic rings. The molecule has 0 atom stereocenters. The number of amides is 1. The van der Waals surface area contributed by atoms with E-state index in [1.54, 1.807) is 0 Å². The van der Waals surface area contributed by atoms with Crippen LogP contribution >= 0.6 is 0 Å². The van der Waals surface area contributed by atoms with Crippen LogP contribution in [0, 0.1) is 23.2 Å². The number of carbonyl (C=O) groups excluding carboxylic acids is 1. The lowest BCUT2D eigenvalue weighted by atomic mass is 9.49. The molecule has 3 heteroatoms. The summed E-state index contributed by atoms with van der Waals surface area (Å²) in [6.45, 7) is 4.59. The molecule has 0 unspecified atom stereocenters. The van der Waals surface area contributed by atoms with Gasteiger partial charge in [-0.1, -0.05) is 6.92 Å². The Kier molecular flexibility index (Phi) is 4.07. The first-order valence-corrected chi connectivity index (χ1v) is 8.55. The zero-order valence-electron chi connectivity index (χ0n) is 13.2. The average molecular weight is 278 g/mol. The predicted molar refractivity (Wildman–Crippen MR) is 81.4 cm³/mol. The van der Waals surface area contributed by atoms with Gasteiger partial charge < -0.3 is 10.2 Å². The number of hydrogen-bond donors (Lipinski definition) is 1. The topological polar surface area (TPSA) is 32.3 Å². The van der Waals surface area contributed by atoms with Crippen LogP contribution < -0.4 is 5.32 Å². The number of nitrogens with zero attached hydrogens (tertiary/aromatic N) is 1. The Bertz CT molecular complexity index is 331. The summed E-state index contributed by atoms with van der Waals surface area (Å²) in [6, 6.07) is 0. The molecule has 3 nitrogen and oxygen atoms in total. The monoisotopic (exact) mass is 278 g/mol. The van der Waals surface area contributed by atoms with E-state index >= 15 is 0 Å². The second-order valence-corrected chi connectivity index (χ2v) is 7.84. The molecule has 4 aliphatic rings. The van der Waals surface area contributed by atoms with Gasteiger partial charge in [-0.05, 0) is 74.7 Å². The van der Waals surface area contributed by atoms with Gasteiger partial charge in [0.2, 0.25) is 5.91 Å². The SMILES string of the molecule is CCCNCC(=O)N(C)CC12CC3CC(CC(C3)C1)C2. The van der Waals surface area contributed by atoms with Crippen molar-refractivity contribution in [3.63, 3.8) is 0 Å². The molecule has 1 amide bonds. The third-order valence-electron chi connectivity index (χ3n) is 5.87. The first-order valence-electron chi connectivity index (χ1n) is 8.55. The van der Waals surface area contributed by atoms with Gasteiger partial charge in [0.05, 0.1) is 6.54 Å². The van der Waals surface area contributed by atoms with Gasteiger partial charge in [0.15, 0.2) is 0 Å². The van der Waals surface area contributed by atoms with Gasteiger partial charge in [-0.2, -0.15) is 0 Å². The number of nitrogens with one attached hydrogen (secondary N) is 1. The van der Waals surface area contributed by atoms with E-state index in [9.17, 15) is 4.79 Å². The maximum absolute atomic E-state index is 12.2. The van der Waals surface area contributed by atoms with Crippen LogP contribution in [0.2, 0.25) is 0 Å². The molecule has 4 aliphatic carbocycles. The van der Waals surface area contributed by atoms with E-state index in [1.807, 2.05) is 11.9 Å². The van der Waals surface area contributed by atoms with Crippen LogP contribution in [0.5, 0.6) is 0 Å². The van der Waals surface area contributed by atoms with E-state index in [0.717, 1.165) is 37.3 Å². The fourth-order valence-electron chi connectivity index (χ4n) is 5.58. The highest BCUT2D eigenvalue weighted by molar-refractivity contribution is 5.78. The summed E-state index contributed by atoms with van der Waals surface area (Å²) in [5, 5.41) is 3.23. The van der Waals surface area contributed by atoms with Crippen LogP contribution in [-0.4, -0.2) is 37.5 Å². The molecular weight excluding hydrogens is 248 g/mol. The Morgan fingerprint density at radius 2 is 1.70 bits per heavy atom. The predicted octanol–water partition coefficient (Wildman–Crippen LogP) is 2.66. The third kappa shape index (κ3) is 2.88. The van der Waals surface area contributed by atoms with Crippen LogP contribution in [0.1, 0.15) is 51.9 Å². The molecule has 0 spiro atoms. The van der Waals surface area contributed by atoms with E-state index in [2.05, 4.69) is 12.2 Å². The van der Waals surface area contributed by atoms with E-state index in [4.69, 9.17) is 0 Å². The van der Waals surface area contributed by atoms with E-state index in [1.165, 1.54) is 38.5 Å². The largest absolute Gasteiger partial charge is 0.344 e. The standard InChI is InChI=1S/C17H30N2O/c1-3-4-18-11-16(20)19(2)12-17-8-13-5-14(9-17)7-15(6-13)10-17/h13-15,18H,3-12H2,1-2H3. The van der Waals surface area contributed by atoms with Gasteiger partial charge in [-0.25, -0.2) is 0 Å². The van der Waals surface area contributed by atoms with Crippen molar-refractivity contribution in [1.29, 1.82) is 0 Å². The molecule has 0 aliphatic heterocycles. The van der Waals surface area contributed by atoms with E-state index in [0.29, 0.717) is 12.0 Å². The molecule has 4 bridgehead atoms. The minimum atomic E-state index is 0.272. The highest BCUT2D eigenvalue weighted by atomic mass is 16.2. The van der Waals surface area contributed by atoms with Gasteiger partial charge in [-0.3, -0.25) is 4.79 Å². The van der Waals surface area contributed by atoms with E-state index in [-0.39, 0.29) is 5.91 Å². The maximum atomic E-state index is 12.2. The quantitative estimate of drug-likeness (QED) is 0.758. The second kappa shape index (κ2) is 5.67. The summed E-state index contributed by atoms with van der Waals surface area (Å²) in [7, 11) is 2.01. The summed E-state index contributed by atoms with van der Waals surface area (Å²) in [5.41, 5.74) is 0.476. The Labute approximate surface area is 123 Å². The van der Waals surface area contributed by atoms with Gasteiger partial charge in [0.1, 0.15) is 0 Å². The lowest BCUT2D eigenvalue weighted by molar-refractivity contribution is -0.134. The van der Waals surface area contributed by atoms with Crippen molar-refractivity contribution in [3.8, 4) is 0 Å². The van der Waals surface area contributed by atoms with Crippen molar-refractivity contribution in [2.24, 2.45) is 23.2 Å². The summed E-state index contributed by atoms with van der Waals surface area (Å²) >= 11 is 0. The first-order chi connectivity index (χ1) is 9.60. The molecule has 4 rings (SSSR count). The van der Waals surface area contributed by atoms with Gasteiger partial charge in [0.25, 0.3) is 0 Å². The highest BCUT2D eigenvalue weighted by Crippen LogP contribution is 2.60. The molecule has 0 aromatic heterocycles. The Morgan fingerprint density at radius 3 is 2.20 bits per heavy atom. The first kappa shape index (κ1) is 14.4. The number of rotatable bonds is 6. The summed E-state index contributed by atoms with van der Waals surface area (Å²) in [5.74, 6) is 3.20. The zero-order valence-corrected chi connectivity index (χ0v) is 13.2. The number of likely N-dealkylation sites (N-methyl/N-ethyl adjacent to an activating group) is 1. The number of hydrogen-bond acceptors (Lipinski definition) is 2. The molecule has 20 heavy (non-hydrogen) atoms. The van der Waals surface area contributed by atoms with Crippen LogP contribution in [-0.2, 0) is 4.79 Å². The van der Waals surface area contributed by atoms with Crippen molar-refractivity contribution in [3.05, 3.63) is 0 Å². The summed E-state index contributed by atoms with van der Waals surface area (Å²) in [4.78, 5) is 14.2. The van der Waals surface area contributed by atoms with Crippen LogP contribution in [0.4, 0.5) is 0 Å². The molecule has 0 aromatic carbocycles. The summed E-state index contributed by atoms with van der Waals surface area (Å²) < 4.78 is 0. The van der Waals surface area contributed by atoms with Crippen molar-refractivity contribution < 1.29 is 4.79 Å². The Hall–Kier alpha value is -0.570. The maximum Gasteiger partial charge on any atom is 0.236 e. The van der Waals surface area contributed by atoms with Gasteiger partial charge in [0, 0.05) is 13.6 Å². The van der Waals surface area contributed by atoms with Crippen LogP contribution in [0.15, 0.2) is 0 Å². The van der Waals surface area contributed by atoms with Crippen molar-refractivity contribution in [2.75, 3.05) is 26.7 Å². The number of carbonyl (C=O) groups is 1. The molecular formula is C17H30N2O. The van der Waals surface area contributed by atoms with Crippen molar-refractivity contribution in [2.45, 2.75) is 51.9 Å². The minimum absolute atomic E-state index is 0.272. The fraction of sp³-hybridized carbons (Fsp3) is 0.941. The smallest absolute Gasteiger partial charge is 0.236 e. The highest BCUT2D eigenvalue weighted by Gasteiger charge is 2.51. The van der Waals surface area contributed by atoms with E-state index < -0.39 is 0 Å². The van der Waals surface area contributed by atoms with Crippen molar-refractivity contribution >= 4 is 5.91 Å². The van der Waals surface area contributed by atoms with Gasteiger partial charge in [-0.15, -0.1) is 0 Å². The normalized spacial score (nSPS) is 38.2. The minimum Gasteiger partial charge on any atom is -0.344 e. The lowest BCUT2D eigenvalue weighted by Crippen LogP contribution is -2.52. The third-order valence-corrected chi connectivity index (χ3v) is 5.87. The molecule has 0 heterocycles. The lowest BCUT2D eigenvalue weighted by Gasteiger charge is -2.57. The average Bonchev–Trinajstić information content (AvgIpc) is 2.36. The fourth-order valence-corrected chi connectivity index (χ4v) is 5.58. The van der Waals surface area contributed by atoms with Crippen LogP contribution in [0.3, 0.4) is 0 Å². The Morgan fingerprint density at radius 1 is 1.15 bits per heavy atom. The van der Waals surface area contributed by atoms with Gasteiger partial charge >= 0.3 is 0 Å². The zero-order chi connectivity index (χ0) is 14.2. The molecule has 114 valence electrons. The van der Waals surface area contributed by atoms with Crippen molar-refractivity contribution in [1.82, 2.24) is 10.2 Å².